The van der Waals surface area contributed by atoms with Crippen LogP contribution in [-0.4, -0.2) is 20.6 Å². The first-order valence-electron chi connectivity index (χ1n) is 6.64. The number of hydrogen-bond donors (Lipinski definition) is 1. The van der Waals surface area contributed by atoms with Gasteiger partial charge in [0.15, 0.2) is 9.84 Å². The van der Waals surface area contributed by atoms with Gasteiger partial charge in [0.05, 0.1) is 10.9 Å². The van der Waals surface area contributed by atoms with Gasteiger partial charge in [-0.1, -0.05) is 34.1 Å². The van der Waals surface area contributed by atoms with E-state index >= 15 is 0 Å². The predicted molar refractivity (Wildman–Crippen MR) is 89.6 cm³/mol. The van der Waals surface area contributed by atoms with Crippen molar-refractivity contribution in [3.05, 3.63) is 64.1 Å². The van der Waals surface area contributed by atoms with Crippen LogP contribution in [-0.2, 0) is 9.84 Å². The second kappa shape index (κ2) is 6.62. The lowest BCUT2D eigenvalue weighted by Gasteiger charge is -2.16. The van der Waals surface area contributed by atoms with Gasteiger partial charge in [-0.25, -0.2) is 8.42 Å². The van der Waals surface area contributed by atoms with Crippen LogP contribution in [0.15, 0.2) is 57.9 Å². The Morgan fingerprint density at radius 1 is 1.09 bits per heavy atom. The maximum absolute atomic E-state index is 12.2. The van der Waals surface area contributed by atoms with Crippen LogP contribution in [0.5, 0.6) is 0 Å². The Morgan fingerprint density at radius 3 is 2.23 bits per heavy atom. The number of benzene rings is 2. The molecule has 0 bridgehead atoms. The summed E-state index contributed by atoms with van der Waals surface area (Å²) >= 11 is 3.46. The van der Waals surface area contributed by atoms with Gasteiger partial charge >= 0.3 is 0 Å². The molecule has 0 aromatic heterocycles. The average molecular weight is 382 g/mol. The second-order valence-corrected chi connectivity index (χ2v) is 7.88. The molecule has 1 amide bonds. The van der Waals surface area contributed by atoms with E-state index in [1.165, 1.54) is 24.3 Å². The minimum Gasteiger partial charge on any atom is -0.345 e. The fraction of sp³-hybridized carbons (Fsp3) is 0.188. The summed E-state index contributed by atoms with van der Waals surface area (Å²) in [4.78, 5) is 12.4. The maximum Gasteiger partial charge on any atom is 0.251 e. The van der Waals surface area contributed by atoms with Crippen molar-refractivity contribution >= 4 is 31.7 Å². The lowest BCUT2D eigenvalue weighted by molar-refractivity contribution is 0.0939. The van der Waals surface area contributed by atoms with Crippen LogP contribution in [0.1, 0.15) is 28.9 Å². The number of rotatable bonds is 4. The molecule has 0 saturated heterocycles. The highest BCUT2D eigenvalue weighted by molar-refractivity contribution is 9.10. The van der Waals surface area contributed by atoms with Gasteiger partial charge in [0.2, 0.25) is 0 Å². The molecule has 116 valence electrons. The van der Waals surface area contributed by atoms with Gasteiger partial charge in [0.1, 0.15) is 0 Å². The molecule has 0 spiro atoms. The van der Waals surface area contributed by atoms with Gasteiger partial charge < -0.3 is 5.32 Å². The molecular formula is C16H16BrNO3S. The maximum atomic E-state index is 12.2. The van der Waals surface area contributed by atoms with E-state index in [9.17, 15) is 13.2 Å². The Morgan fingerprint density at radius 2 is 1.68 bits per heavy atom. The Balaban J connectivity index is 2.14. The molecule has 0 heterocycles. The molecule has 0 unspecified atom stereocenters. The number of amides is 1. The zero-order valence-corrected chi connectivity index (χ0v) is 14.6. The third-order valence-corrected chi connectivity index (χ3v) is 5.11. The van der Waals surface area contributed by atoms with Crippen LogP contribution in [0.2, 0.25) is 0 Å². The van der Waals surface area contributed by atoms with Gasteiger partial charge in [-0.15, -0.1) is 0 Å². The van der Waals surface area contributed by atoms with Crippen molar-refractivity contribution in [2.24, 2.45) is 0 Å². The highest BCUT2D eigenvalue weighted by Crippen LogP contribution is 2.23. The highest BCUT2D eigenvalue weighted by Gasteiger charge is 2.14. The summed E-state index contributed by atoms with van der Waals surface area (Å²) in [5.41, 5.74) is 1.40. The van der Waals surface area contributed by atoms with Crippen molar-refractivity contribution in [1.82, 2.24) is 5.32 Å². The fourth-order valence-electron chi connectivity index (χ4n) is 2.04. The summed E-state index contributed by atoms with van der Waals surface area (Å²) in [5.74, 6) is -0.247. The molecule has 0 saturated carbocycles. The summed E-state index contributed by atoms with van der Waals surface area (Å²) in [6.07, 6.45) is 1.14. The van der Waals surface area contributed by atoms with E-state index in [0.717, 1.165) is 16.3 Å². The monoisotopic (exact) mass is 381 g/mol. The van der Waals surface area contributed by atoms with Crippen molar-refractivity contribution in [2.75, 3.05) is 6.26 Å². The van der Waals surface area contributed by atoms with Gasteiger partial charge in [0, 0.05) is 16.3 Å². The minimum atomic E-state index is -3.25. The molecule has 0 fully saturated rings. The first-order chi connectivity index (χ1) is 10.3. The third-order valence-electron chi connectivity index (χ3n) is 3.26. The van der Waals surface area contributed by atoms with Crippen LogP contribution >= 0.6 is 15.9 Å². The molecular weight excluding hydrogens is 366 g/mol. The summed E-state index contributed by atoms with van der Waals surface area (Å²) in [6, 6.07) is 13.4. The lowest BCUT2D eigenvalue weighted by Crippen LogP contribution is -2.26. The van der Waals surface area contributed by atoms with Crippen LogP contribution in [0.25, 0.3) is 0 Å². The predicted octanol–water partition coefficient (Wildman–Crippen LogP) is 3.34. The van der Waals surface area contributed by atoms with Crippen molar-refractivity contribution in [1.29, 1.82) is 0 Å². The van der Waals surface area contributed by atoms with Gasteiger partial charge in [-0.05, 0) is 42.8 Å². The van der Waals surface area contributed by atoms with Gasteiger partial charge in [-0.2, -0.15) is 0 Å². The normalized spacial score (nSPS) is 12.7. The molecule has 2 rings (SSSR count). The van der Waals surface area contributed by atoms with Gasteiger partial charge in [-0.3, -0.25) is 4.79 Å². The number of hydrogen-bond acceptors (Lipinski definition) is 3. The summed E-state index contributed by atoms with van der Waals surface area (Å²) in [5, 5.41) is 2.89. The first kappa shape index (κ1) is 16.7. The zero-order chi connectivity index (χ0) is 16.3. The average Bonchev–Trinajstić information content (AvgIpc) is 2.46. The van der Waals surface area contributed by atoms with E-state index in [2.05, 4.69) is 21.2 Å². The SMILES string of the molecule is C[C@@H](NC(=O)c1ccc(S(C)(=O)=O)cc1)c1ccccc1Br. The standard InChI is InChI=1S/C16H16BrNO3S/c1-11(14-5-3-4-6-15(14)17)18-16(19)12-7-9-13(10-8-12)22(2,20)21/h3-11H,1-2H3,(H,18,19)/t11-/m1/s1. The smallest absolute Gasteiger partial charge is 0.251 e. The molecule has 1 N–H and O–H groups in total. The van der Waals surface area contributed by atoms with Crippen molar-refractivity contribution < 1.29 is 13.2 Å². The second-order valence-electron chi connectivity index (χ2n) is 5.01. The Bertz CT molecular complexity index is 785. The molecule has 0 aliphatic rings. The minimum absolute atomic E-state index is 0.169. The van der Waals surface area contributed by atoms with Crippen LogP contribution in [0.4, 0.5) is 0 Å². The van der Waals surface area contributed by atoms with Crippen LogP contribution in [0, 0.1) is 0 Å². The molecule has 4 nitrogen and oxygen atoms in total. The molecule has 0 aliphatic heterocycles. The molecule has 0 radical (unpaired) electrons. The van der Waals surface area contributed by atoms with Crippen molar-refractivity contribution in [3.63, 3.8) is 0 Å². The molecule has 6 heteroatoms. The quantitative estimate of drug-likeness (QED) is 0.882. The lowest BCUT2D eigenvalue weighted by atomic mass is 10.1. The van der Waals surface area contributed by atoms with E-state index in [1.54, 1.807) is 0 Å². The Labute approximate surface area is 138 Å². The van der Waals surface area contributed by atoms with Crippen molar-refractivity contribution in [2.45, 2.75) is 17.9 Å². The molecule has 22 heavy (non-hydrogen) atoms. The molecule has 2 aromatic rings. The summed E-state index contributed by atoms with van der Waals surface area (Å²) in [6.45, 7) is 1.89. The topological polar surface area (TPSA) is 63.2 Å². The highest BCUT2D eigenvalue weighted by atomic mass is 79.9. The van der Waals surface area contributed by atoms with E-state index in [0.29, 0.717) is 5.56 Å². The number of sulfone groups is 1. The third kappa shape index (κ3) is 3.96. The van der Waals surface area contributed by atoms with E-state index in [1.807, 2.05) is 31.2 Å². The number of carbonyl (C=O) groups is 1. The van der Waals surface area contributed by atoms with E-state index < -0.39 is 9.84 Å². The summed E-state index contributed by atoms with van der Waals surface area (Å²) < 4.78 is 23.7. The summed E-state index contributed by atoms with van der Waals surface area (Å²) in [7, 11) is -3.25. The Kier molecular flexibility index (Phi) is 5.03. The number of carbonyl (C=O) groups excluding carboxylic acids is 1. The zero-order valence-electron chi connectivity index (χ0n) is 12.2. The molecule has 2 aromatic carbocycles. The Hall–Kier alpha value is -1.66. The number of halogens is 1. The molecule has 1 atom stereocenters. The molecule has 0 aliphatic carbocycles. The van der Waals surface area contributed by atoms with Gasteiger partial charge in [0.25, 0.3) is 5.91 Å². The fourth-order valence-corrected chi connectivity index (χ4v) is 3.30. The van der Waals surface area contributed by atoms with E-state index in [-0.39, 0.29) is 16.8 Å². The first-order valence-corrected chi connectivity index (χ1v) is 9.33. The largest absolute Gasteiger partial charge is 0.345 e. The van der Waals surface area contributed by atoms with Crippen LogP contribution < -0.4 is 5.32 Å². The number of nitrogens with one attached hydrogen (secondary N) is 1. The van der Waals surface area contributed by atoms with Crippen LogP contribution in [0.3, 0.4) is 0 Å². The van der Waals surface area contributed by atoms with E-state index in [4.69, 9.17) is 0 Å². The van der Waals surface area contributed by atoms with Crippen molar-refractivity contribution in [3.8, 4) is 0 Å².